The number of rotatable bonds is 2. The van der Waals surface area contributed by atoms with E-state index in [1.54, 1.807) is 0 Å². The molecule has 0 unspecified atom stereocenters. The molecule has 0 radical (unpaired) electrons. The molecular formula is C14H10Br2INO. The van der Waals surface area contributed by atoms with Crippen molar-refractivity contribution < 1.29 is 4.79 Å². The standard InChI is InChI=1S/C14H10Br2INO/c1-8-6-9(15)2-4-11(8)14(19)18-10-3-5-12(16)13(17)7-10/h2-7H,1H3,(H,18,19). The van der Waals surface area contributed by atoms with E-state index in [-0.39, 0.29) is 5.91 Å². The smallest absolute Gasteiger partial charge is 0.255 e. The van der Waals surface area contributed by atoms with Gasteiger partial charge in [0, 0.05) is 23.8 Å². The van der Waals surface area contributed by atoms with Crippen LogP contribution in [0.4, 0.5) is 5.69 Å². The van der Waals surface area contributed by atoms with E-state index >= 15 is 0 Å². The predicted molar refractivity (Wildman–Crippen MR) is 93.7 cm³/mol. The molecule has 2 nitrogen and oxygen atoms in total. The molecule has 0 aliphatic carbocycles. The summed E-state index contributed by atoms with van der Waals surface area (Å²) in [4.78, 5) is 12.2. The summed E-state index contributed by atoms with van der Waals surface area (Å²) >= 11 is 9.04. The van der Waals surface area contributed by atoms with E-state index in [2.05, 4.69) is 59.8 Å². The third kappa shape index (κ3) is 3.79. The number of halogens is 3. The zero-order valence-electron chi connectivity index (χ0n) is 10.0. The van der Waals surface area contributed by atoms with E-state index in [0.29, 0.717) is 5.56 Å². The fourth-order valence-corrected chi connectivity index (χ4v) is 2.89. The normalized spacial score (nSPS) is 10.3. The van der Waals surface area contributed by atoms with Crippen LogP contribution in [-0.4, -0.2) is 5.91 Å². The SMILES string of the molecule is Cc1cc(Br)ccc1C(=O)Nc1ccc(Br)c(I)c1. The molecule has 0 heterocycles. The van der Waals surface area contributed by atoms with Gasteiger partial charge in [0.1, 0.15) is 0 Å². The van der Waals surface area contributed by atoms with E-state index in [1.165, 1.54) is 0 Å². The first-order valence-electron chi connectivity index (χ1n) is 5.50. The van der Waals surface area contributed by atoms with Crippen molar-refractivity contribution in [2.75, 3.05) is 5.32 Å². The molecule has 0 fully saturated rings. The lowest BCUT2D eigenvalue weighted by Gasteiger charge is -2.09. The zero-order chi connectivity index (χ0) is 14.0. The van der Waals surface area contributed by atoms with Gasteiger partial charge in [0.05, 0.1) is 0 Å². The number of aryl methyl sites for hydroxylation is 1. The average molecular weight is 495 g/mol. The Kier molecular flexibility index (Phi) is 5.03. The van der Waals surface area contributed by atoms with Crippen LogP contribution in [0.15, 0.2) is 45.3 Å². The molecule has 0 spiro atoms. The average Bonchev–Trinajstić information content (AvgIpc) is 2.33. The van der Waals surface area contributed by atoms with Crippen molar-refractivity contribution >= 4 is 66.0 Å². The zero-order valence-corrected chi connectivity index (χ0v) is 15.3. The molecule has 0 saturated carbocycles. The Balaban J connectivity index is 2.23. The minimum Gasteiger partial charge on any atom is -0.322 e. The molecule has 0 aliphatic heterocycles. The number of benzene rings is 2. The van der Waals surface area contributed by atoms with Crippen LogP contribution >= 0.6 is 54.5 Å². The highest BCUT2D eigenvalue weighted by Crippen LogP contribution is 2.23. The van der Waals surface area contributed by atoms with Gasteiger partial charge in [-0.2, -0.15) is 0 Å². The van der Waals surface area contributed by atoms with Gasteiger partial charge >= 0.3 is 0 Å². The molecule has 0 atom stereocenters. The summed E-state index contributed by atoms with van der Waals surface area (Å²) in [5.41, 5.74) is 2.42. The first-order chi connectivity index (χ1) is 8.97. The lowest BCUT2D eigenvalue weighted by Crippen LogP contribution is -2.13. The first kappa shape index (κ1) is 15.0. The molecule has 0 bridgehead atoms. The van der Waals surface area contributed by atoms with Crippen LogP contribution in [0.3, 0.4) is 0 Å². The molecule has 5 heteroatoms. The Bertz CT molecular complexity index is 643. The molecule has 0 saturated heterocycles. The molecule has 2 aromatic rings. The predicted octanol–water partition coefficient (Wildman–Crippen LogP) is 5.38. The fourth-order valence-electron chi connectivity index (χ4n) is 1.65. The Morgan fingerprint density at radius 1 is 1.16 bits per heavy atom. The van der Waals surface area contributed by atoms with Crippen LogP contribution in [0.1, 0.15) is 15.9 Å². The third-order valence-corrected chi connectivity index (χ3v) is 5.43. The van der Waals surface area contributed by atoms with Gasteiger partial charge in [-0.3, -0.25) is 4.79 Å². The van der Waals surface area contributed by atoms with Crippen molar-refractivity contribution in [1.29, 1.82) is 0 Å². The second kappa shape index (κ2) is 6.37. The summed E-state index contributed by atoms with van der Waals surface area (Å²) in [5.74, 6) is -0.0943. The summed E-state index contributed by atoms with van der Waals surface area (Å²) in [6.07, 6.45) is 0. The molecule has 1 amide bonds. The molecule has 2 aromatic carbocycles. The van der Waals surface area contributed by atoms with Crippen molar-refractivity contribution in [3.63, 3.8) is 0 Å². The van der Waals surface area contributed by atoms with E-state index in [9.17, 15) is 4.79 Å². The Hall–Kier alpha value is -0.400. The lowest BCUT2D eigenvalue weighted by molar-refractivity contribution is 0.102. The number of anilines is 1. The van der Waals surface area contributed by atoms with E-state index in [1.807, 2.05) is 43.3 Å². The molecule has 0 aromatic heterocycles. The summed E-state index contributed by atoms with van der Waals surface area (Å²) in [6.45, 7) is 1.92. The van der Waals surface area contributed by atoms with Gasteiger partial charge in [-0.15, -0.1) is 0 Å². The van der Waals surface area contributed by atoms with Crippen molar-refractivity contribution in [1.82, 2.24) is 0 Å². The van der Waals surface area contributed by atoms with E-state index < -0.39 is 0 Å². The van der Waals surface area contributed by atoms with Gasteiger partial charge in [0.15, 0.2) is 0 Å². The molecule has 0 aliphatic rings. The van der Waals surface area contributed by atoms with E-state index in [4.69, 9.17) is 0 Å². The highest BCUT2D eigenvalue weighted by atomic mass is 127. The molecule has 98 valence electrons. The topological polar surface area (TPSA) is 29.1 Å². The van der Waals surface area contributed by atoms with Crippen LogP contribution in [0.2, 0.25) is 0 Å². The van der Waals surface area contributed by atoms with Crippen molar-refractivity contribution in [3.05, 3.63) is 60.0 Å². The number of carbonyl (C=O) groups is 1. The maximum atomic E-state index is 12.2. The maximum Gasteiger partial charge on any atom is 0.255 e. The summed E-state index contributed by atoms with van der Waals surface area (Å²) < 4.78 is 3.05. The summed E-state index contributed by atoms with van der Waals surface area (Å²) in [6, 6.07) is 11.3. The number of amides is 1. The molecule has 1 N–H and O–H groups in total. The number of carbonyl (C=O) groups excluding carboxylic acids is 1. The summed E-state index contributed by atoms with van der Waals surface area (Å²) in [5, 5.41) is 2.91. The van der Waals surface area contributed by atoms with Gasteiger partial charge in [-0.1, -0.05) is 15.9 Å². The Labute approximate surface area is 142 Å². The van der Waals surface area contributed by atoms with Crippen LogP contribution in [-0.2, 0) is 0 Å². The highest BCUT2D eigenvalue weighted by Gasteiger charge is 2.10. The fraction of sp³-hybridized carbons (Fsp3) is 0.0714. The number of hydrogen-bond donors (Lipinski definition) is 1. The van der Waals surface area contributed by atoms with Gasteiger partial charge in [-0.05, 0) is 87.4 Å². The van der Waals surface area contributed by atoms with Crippen LogP contribution in [0.25, 0.3) is 0 Å². The third-order valence-electron chi connectivity index (χ3n) is 2.61. The Morgan fingerprint density at radius 2 is 1.89 bits per heavy atom. The van der Waals surface area contributed by atoms with Gasteiger partial charge in [0.2, 0.25) is 0 Å². The first-order valence-corrected chi connectivity index (χ1v) is 8.16. The van der Waals surface area contributed by atoms with Crippen molar-refractivity contribution in [2.45, 2.75) is 6.92 Å². The van der Waals surface area contributed by atoms with Gasteiger partial charge in [0.25, 0.3) is 5.91 Å². The van der Waals surface area contributed by atoms with Gasteiger partial charge in [-0.25, -0.2) is 0 Å². The monoisotopic (exact) mass is 493 g/mol. The second-order valence-electron chi connectivity index (χ2n) is 4.04. The second-order valence-corrected chi connectivity index (χ2v) is 6.97. The minimum absolute atomic E-state index is 0.0943. The van der Waals surface area contributed by atoms with Gasteiger partial charge < -0.3 is 5.32 Å². The largest absolute Gasteiger partial charge is 0.322 e. The van der Waals surface area contributed by atoms with Crippen LogP contribution in [0, 0.1) is 10.5 Å². The molecule has 2 rings (SSSR count). The van der Waals surface area contributed by atoms with E-state index in [0.717, 1.165) is 23.8 Å². The highest BCUT2D eigenvalue weighted by molar-refractivity contribution is 14.1. The van der Waals surface area contributed by atoms with Crippen LogP contribution in [0.5, 0.6) is 0 Å². The molecule has 19 heavy (non-hydrogen) atoms. The maximum absolute atomic E-state index is 12.2. The Morgan fingerprint density at radius 3 is 2.53 bits per heavy atom. The van der Waals surface area contributed by atoms with Crippen molar-refractivity contribution in [3.8, 4) is 0 Å². The van der Waals surface area contributed by atoms with Crippen LogP contribution < -0.4 is 5.32 Å². The molecular weight excluding hydrogens is 485 g/mol. The summed E-state index contributed by atoms with van der Waals surface area (Å²) in [7, 11) is 0. The van der Waals surface area contributed by atoms with Crippen molar-refractivity contribution in [2.24, 2.45) is 0 Å². The number of hydrogen-bond acceptors (Lipinski definition) is 1. The number of nitrogens with one attached hydrogen (secondary N) is 1. The quantitative estimate of drug-likeness (QED) is 0.558. The lowest BCUT2D eigenvalue weighted by atomic mass is 10.1. The minimum atomic E-state index is -0.0943.